The van der Waals surface area contributed by atoms with Crippen molar-refractivity contribution in [2.45, 2.75) is 13.1 Å². The summed E-state index contributed by atoms with van der Waals surface area (Å²) in [5, 5.41) is 17.0. The number of aromatic nitrogens is 3. The van der Waals surface area contributed by atoms with Gasteiger partial charge in [0.2, 0.25) is 0 Å². The molecule has 6 heteroatoms. The van der Waals surface area contributed by atoms with Crippen molar-refractivity contribution in [2.75, 3.05) is 20.3 Å². The van der Waals surface area contributed by atoms with Gasteiger partial charge in [-0.2, -0.15) is 0 Å². The molecule has 0 aliphatic rings. The Morgan fingerprint density at radius 3 is 2.75 bits per heavy atom. The minimum atomic E-state index is 0.112. The molecule has 0 saturated heterocycles. The van der Waals surface area contributed by atoms with Crippen molar-refractivity contribution in [1.29, 1.82) is 0 Å². The topological polar surface area (TPSA) is 63.4 Å². The molecule has 6 nitrogen and oxygen atoms in total. The molecule has 0 aliphatic carbocycles. The van der Waals surface area contributed by atoms with Crippen molar-refractivity contribution in [3.63, 3.8) is 0 Å². The van der Waals surface area contributed by atoms with Crippen molar-refractivity contribution < 1.29 is 9.84 Å². The molecule has 0 radical (unpaired) electrons. The van der Waals surface area contributed by atoms with Crippen molar-refractivity contribution in [2.24, 2.45) is 7.05 Å². The quantitative estimate of drug-likeness (QED) is 0.811. The highest BCUT2D eigenvalue weighted by atomic mass is 16.5. The molecule has 20 heavy (non-hydrogen) atoms. The maximum atomic E-state index is 9.23. The van der Waals surface area contributed by atoms with E-state index in [4.69, 9.17) is 4.74 Å². The van der Waals surface area contributed by atoms with Crippen molar-refractivity contribution in [1.82, 2.24) is 19.9 Å². The van der Waals surface area contributed by atoms with Crippen LogP contribution in [0.5, 0.6) is 5.75 Å². The Morgan fingerprint density at radius 2 is 2.10 bits per heavy atom. The first-order valence-corrected chi connectivity index (χ1v) is 6.53. The maximum absolute atomic E-state index is 9.23. The molecule has 0 fully saturated rings. The molecule has 0 aliphatic heterocycles. The smallest absolute Gasteiger partial charge is 0.123 e. The highest BCUT2D eigenvalue weighted by Crippen LogP contribution is 2.19. The number of aryl methyl sites for hydroxylation is 1. The summed E-state index contributed by atoms with van der Waals surface area (Å²) >= 11 is 0. The average Bonchev–Trinajstić information content (AvgIpc) is 2.85. The molecule has 1 N–H and O–H groups in total. The minimum Gasteiger partial charge on any atom is -0.496 e. The van der Waals surface area contributed by atoms with Crippen LogP contribution in [0.25, 0.3) is 0 Å². The molecule has 2 rings (SSSR count). The zero-order valence-electron chi connectivity index (χ0n) is 11.9. The summed E-state index contributed by atoms with van der Waals surface area (Å²) in [5.74, 6) is 0.860. The van der Waals surface area contributed by atoms with Gasteiger partial charge in [0.05, 0.1) is 25.6 Å². The summed E-state index contributed by atoms with van der Waals surface area (Å²) in [6.45, 7) is 2.08. The molecule has 0 bridgehead atoms. The molecule has 1 aromatic heterocycles. The molecule has 108 valence electrons. The number of aliphatic hydroxyl groups excluding tert-OH is 1. The number of hydrogen-bond donors (Lipinski definition) is 1. The van der Waals surface area contributed by atoms with Crippen LogP contribution in [0.1, 0.15) is 11.3 Å². The van der Waals surface area contributed by atoms with Crippen LogP contribution in [0.15, 0.2) is 30.5 Å². The van der Waals surface area contributed by atoms with Crippen LogP contribution in [0, 0.1) is 0 Å². The first-order chi connectivity index (χ1) is 9.74. The second-order valence-electron chi connectivity index (χ2n) is 4.60. The first-order valence-electron chi connectivity index (χ1n) is 6.53. The number of nitrogens with zero attached hydrogens (tertiary/aromatic N) is 4. The minimum absolute atomic E-state index is 0.112. The summed E-state index contributed by atoms with van der Waals surface area (Å²) in [6, 6.07) is 7.91. The van der Waals surface area contributed by atoms with E-state index in [1.807, 2.05) is 31.3 Å². The van der Waals surface area contributed by atoms with Gasteiger partial charge < -0.3 is 9.84 Å². The van der Waals surface area contributed by atoms with Crippen molar-refractivity contribution in [3.05, 3.63) is 41.7 Å². The molecule has 0 atom stereocenters. The van der Waals surface area contributed by atoms with Crippen LogP contribution in [0.4, 0.5) is 0 Å². The lowest BCUT2D eigenvalue weighted by Crippen LogP contribution is -2.27. The third-order valence-corrected chi connectivity index (χ3v) is 3.20. The fourth-order valence-corrected chi connectivity index (χ4v) is 2.11. The lowest BCUT2D eigenvalue weighted by molar-refractivity contribution is 0.180. The molecule has 0 spiro atoms. The van der Waals surface area contributed by atoms with Gasteiger partial charge in [-0.3, -0.25) is 9.58 Å². The zero-order chi connectivity index (χ0) is 14.4. The number of hydrogen-bond acceptors (Lipinski definition) is 5. The van der Waals surface area contributed by atoms with E-state index in [1.54, 1.807) is 18.0 Å². The lowest BCUT2D eigenvalue weighted by atomic mass is 10.2. The highest BCUT2D eigenvalue weighted by molar-refractivity contribution is 5.33. The number of aliphatic hydroxyl groups is 1. The van der Waals surface area contributed by atoms with Crippen LogP contribution >= 0.6 is 0 Å². The van der Waals surface area contributed by atoms with Crippen LogP contribution in [-0.2, 0) is 20.1 Å². The van der Waals surface area contributed by atoms with Gasteiger partial charge in [0.25, 0.3) is 0 Å². The summed E-state index contributed by atoms with van der Waals surface area (Å²) < 4.78 is 7.11. The second-order valence-corrected chi connectivity index (χ2v) is 4.60. The van der Waals surface area contributed by atoms with Crippen LogP contribution < -0.4 is 4.74 Å². The SMILES string of the molecule is COc1ccccc1CN(CCO)Cc1cnnn1C. The van der Waals surface area contributed by atoms with E-state index < -0.39 is 0 Å². The Labute approximate surface area is 118 Å². The van der Waals surface area contributed by atoms with Gasteiger partial charge in [-0.15, -0.1) is 5.10 Å². The van der Waals surface area contributed by atoms with Crippen LogP contribution in [0.2, 0.25) is 0 Å². The second kappa shape index (κ2) is 7.02. The summed E-state index contributed by atoms with van der Waals surface area (Å²) in [4.78, 5) is 2.14. The molecule has 1 aromatic carbocycles. The predicted octanol–water partition coefficient (Wildman–Crippen LogP) is 0.818. The molecule has 0 unspecified atom stereocenters. The summed E-state index contributed by atoms with van der Waals surface area (Å²) in [7, 11) is 3.53. The van der Waals surface area contributed by atoms with Gasteiger partial charge in [-0.05, 0) is 6.07 Å². The molecule has 2 aromatic rings. The van der Waals surface area contributed by atoms with E-state index in [2.05, 4.69) is 15.2 Å². The first kappa shape index (κ1) is 14.5. The van der Waals surface area contributed by atoms with Gasteiger partial charge in [0.15, 0.2) is 0 Å². The fraction of sp³-hybridized carbons (Fsp3) is 0.429. The molecular weight excluding hydrogens is 256 g/mol. The van der Waals surface area contributed by atoms with Crippen LogP contribution in [-0.4, -0.2) is 45.3 Å². The molecular formula is C14H20N4O2. The Morgan fingerprint density at radius 1 is 1.30 bits per heavy atom. The third kappa shape index (κ3) is 3.55. The zero-order valence-corrected chi connectivity index (χ0v) is 11.9. The fourth-order valence-electron chi connectivity index (χ4n) is 2.11. The number of para-hydroxylation sites is 1. The van der Waals surface area contributed by atoms with E-state index in [0.29, 0.717) is 19.6 Å². The van der Waals surface area contributed by atoms with E-state index in [-0.39, 0.29) is 6.61 Å². The molecule has 0 amide bonds. The molecule has 1 heterocycles. The molecule has 0 saturated carbocycles. The summed E-state index contributed by atoms with van der Waals surface area (Å²) in [6.07, 6.45) is 1.74. The van der Waals surface area contributed by atoms with Crippen LogP contribution in [0.3, 0.4) is 0 Å². The number of methoxy groups -OCH3 is 1. The van der Waals surface area contributed by atoms with Crippen molar-refractivity contribution >= 4 is 0 Å². The van der Waals surface area contributed by atoms with E-state index in [1.165, 1.54) is 0 Å². The third-order valence-electron chi connectivity index (χ3n) is 3.20. The Bertz CT molecular complexity index is 541. The van der Waals surface area contributed by atoms with E-state index in [9.17, 15) is 5.11 Å². The van der Waals surface area contributed by atoms with E-state index >= 15 is 0 Å². The number of ether oxygens (including phenoxy) is 1. The largest absolute Gasteiger partial charge is 0.496 e. The summed E-state index contributed by atoms with van der Waals surface area (Å²) in [5.41, 5.74) is 2.10. The normalized spacial score (nSPS) is 11.0. The number of benzene rings is 1. The Kier molecular flexibility index (Phi) is 5.09. The maximum Gasteiger partial charge on any atom is 0.123 e. The van der Waals surface area contributed by atoms with Gasteiger partial charge in [0.1, 0.15) is 5.75 Å². The van der Waals surface area contributed by atoms with E-state index in [0.717, 1.165) is 17.0 Å². The Hall–Kier alpha value is -1.92. The number of rotatable bonds is 7. The average molecular weight is 276 g/mol. The van der Waals surface area contributed by atoms with Gasteiger partial charge in [-0.25, -0.2) is 0 Å². The predicted molar refractivity (Wildman–Crippen MR) is 75.2 cm³/mol. The van der Waals surface area contributed by atoms with Crippen molar-refractivity contribution in [3.8, 4) is 5.75 Å². The van der Waals surface area contributed by atoms with Gasteiger partial charge in [-0.1, -0.05) is 23.4 Å². The Balaban J connectivity index is 2.11. The monoisotopic (exact) mass is 276 g/mol. The lowest BCUT2D eigenvalue weighted by Gasteiger charge is -2.22. The van der Waals surface area contributed by atoms with Gasteiger partial charge >= 0.3 is 0 Å². The van der Waals surface area contributed by atoms with Gasteiger partial charge in [0, 0.05) is 32.2 Å². The standard InChI is InChI=1S/C14H20N4O2/c1-17-13(9-15-16-17)11-18(7-8-19)10-12-5-3-4-6-14(12)20-2/h3-6,9,19H,7-8,10-11H2,1-2H3. The highest BCUT2D eigenvalue weighted by Gasteiger charge is 2.12.